The molecule has 1 heterocycles. The summed E-state index contributed by atoms with van der Waals surface area (Å²) in [7, 11) is 0. The van der Waals surface area contributed by atoms with Crippen LogP contribution in [0.2, 0.25) is 0 Å². The molecular weight excluding hydrogens is 356 g/mol. The SMILES string of the molecule is CCOC(=O)C1CC(NC(=O)c2ccc3ccccc3c2O)CN1CC(C)C. The topological polar surface area (TPSA) is 78.9 Å². The monoisotopic (exact) mass is 384 g/mol. The van der Waals surface area contributed by atoms with Crippen LogP contribution in [-0.2, 0) is 9.53 Å². The van der Waals surface area contributed by atoms with Gasteiger partial charge in [-0.05, 0) is 30.7 Å². The van der Waals surface area contributed by atoms with Crippen molar-refractivity contribution >= 4 is 22.6 Å². The van der Waals surface area contributed by atoms with E-state index in [1.807, 2.05) is 24.3 Å². The minimum Gasteiger partial charge on any atom is -0.506 e. The Kier molecular flexibility index (Phi) is 6.19. The molecule has 3 rings (SSSR count). The standard InChI is InChI=1S/C22H28N2O4/c1-4-28-22(27)19-11-16(13-24(19)12-14(2)3)23-21(26)18-10-9-15-7-5-6-8-17(15)20(18)25/h5-10,14,16,19,25H,4,11-13H2,1-3H3,(H,23,26). The Hall–Kier alpha value is -2.60. The van der Waals surface area contributed by atoms with Gasteiger partial charge in [-0.2, -0.15) is 0 Å². The Morgan fingerprint density at radius 3 is 2.71 bits per heavy atom. The summed E-state index contributed by atoms with van der Waals surface area (Å²) in [5, 5.41) is 15.0. The molecule has 1 fully saturated rings. The van der Waals surface area contributed by atoms with Crippen molar-refractivity contribution in [3.05, 3.63) is 42.0 Å². The summed E-state index contributed by atoms with van der Waals surface area (Å²) in [6.07, 6.45) is 0.506. The van der Waals surface area contributed by atoms with E-state index in [0.29, 0.717) is 30.9 Å². The van der Waals surface area contributed by atoms with E-state index < -0.39 is 0 Å². The zero-order chi connectivity index (χ0) is 20.3. The van der Waals surface area contributed by atoms with Crippen LogP contribution in [0.4, 0.5) is 0 Å². The molecule has 6 heteroatoms. The minimum atomic E-state index is -0.349. The van der Waals surface area contributed by atoms with E-state index in [4.69, 9.17) is 4.74 Å². The summed E-state index contributed by atoms with van der Waals surface area (Å²) in [4.78, 5) is 27.2. The molecule has 28 heavy (non-hydrogen) atoms. The van der Waals surface area contributed by atoms with Crippen molar-refractivity contribution in [1.29, 1.82) is 0 Å². The van der Waals surface area contributed by atoms with Gasteiger partial charge in [0.25, 0.3) is 5.91 Å². The van der Waals surface area contributed by atoms with Crippen LogP contribution in [0.1, 0.15) is 37.6 Å². The zero-order valence-corrected chi connectivity index (χ0v) is 16.6. The van der Waals surface area contributed by atoms with Gasteiger partial charge in [0.05, 0.1) is 12.2 Å². The van der Waals surface area contributed by atoms with Crippen molar-refractivity contribution in [1.82, 2.24) is 10.2 Å². The molecule has 0 saturated carbocycles. The van der Waals surface area contributed by atoms with Gasteiger partial charge < -0.3 is 15.2 Å². The first kappa shape index (κ1) is 20.1. The fraction of sp³-hybridized carbons (Fsp3) is 0.455. The maximum Gasteiger partial charge on any atom is 0.323 e. The number of aromatic hydroxyl groups is 1. The number of fused-ring (bicyclic) bond motifs is 1. The van der Waals surface area contributed by atoms with Gasteiger partial charge in [-0.25, -0.2) is 0 Å². The van der Waals surface area contributed by atoms with E-state index in [-0.39, 0.29) is 35.3 Å². The normalized spacial score (nSPS) is 19.9. The first-order valence-electron chi connectivity index (χ1n) is 9.83. The van der Waals surface area contributed by atoms with Crippen molar-refractivity contribution < 1.29 is 19.4 Å². The van der Waals surface area contributed by atoms with Gasteiger partial charge in [-0.3, -0.25) is 14.5 Å². The number of rotatable bonds is 6. The molecule has 1 aliphatic heterocycles. The quantitative estimate of drug-likeness (QED) is 0.749. The van der Waals surface area contributed by atoms with Crippen molar-refractivity contribution in [2.75, 3.05) is 19.7 Å². The minimum absolute atomic E-state index is 0.0189. The number of hydrogen-bond acceptors (Lipinski definition) is 5. The molecule has 2 unspecified atom stereocenters. The zero-order valence-electron chi connectivity index (χ0n) is 16.6. The summed E-state index contributed by atoms with van der Waals surface area (Å²) in [6, 6.07) is 10.3. The third kappa shape index (κ3) is 4.28. The molecule has 150 valence electrons. The molecule has 0 spiro atoms. The van der Waals surface area contributed by atoms with Gasteiger partial charge in [0, 0.05) is 24.5 Å². The number of nitrogens with one attached hydrogen (secondary N) is 1. The highest BCUT2D eigenvalue weighted by molar-refractivity contribution is 6.03. The second-order valence-electron chi connectivity index (χ2n) is 7.70. The first-order valence-corrected chi connectivity index (χ1v) is 9.83. The van der Waals surface area contributed by atoms with E-state index in [1.54, 1.807) is 19.1 Å². The highest BCUT2D eigenvalue weighted by Crippen LogP contribution is 2.29. The molecule has 1 saturated heterocycles. The van der Waals surface area contributed by atoms with E-state index in [1.165, 1.54) is 0 Å². The summed E-state index contributed by atoms with van der Waals surface area (Å²) in [5.41, 5.74) is 0.244. The maximum absolute atomic E-state index is 12.8. The lowest BCUT2D eigenvalue weighted by Crippen LogP contribution is -2.40. The summed E-state index contributed by atoms with van der Waals surface area (Å²) in [6.45, 7) is 7.68. The third-order valence-corrected chi connectivity index (χ3v) is 5.04. The van der Waals surface area contributed by atoms with E-state index in [2.05, 4.69) is 24.1 Å². The molecule has 6 nitrogen and oxygen atoms in total. The lowest BCUT2D eigenvalue weighted by molar-refractivity contribution is -0.148. The summed E-state index contributed by atoms with van der Waals surface area (Å²) >= 11 is 0. The molecule has 1 aliphatic rings. The van der Waals surface area contributed by atoms with Crippen LogP contribution >= 0.6 is 0 Å². The average molecular weight is 384 g/mol. The van der Waals surface area contributed by atoms with E-state index in [9.17, 15) is 14.7 Å². The molecule has 0 radical (unpaired) electrons. The molecule has 2 aromatic carbocycles. The number of nitrogens with zero attached hydrogens (tertiary/aromatic N) is 1. The molecule has 2 atom stereocenters. The predicted octanol–water partition coefficient (Wildman–Crippen LogP) is 2.94. The Balaban J connectivity index is 1.75. The van der Waals surface area contributed by atoms with Crippen molar-refractivity contribution in [3.8, 4) is 5.75 Å². The predicted molar refractivity (Wildman–Crippen MR) is 108 cm³/mol. The number of carbonyl (C=O) groups excluding carboxylic acids is 2. The van der Waals surface area contributed by atoms with E-state index in [0.717, 1.165) is 11.9 Å². The number of amides is 1. The summed E-state index contributed by atoms with van der Waals surface area (Å²) in [5.74, 6) is -0.193. The number of hydrogen-bond donors (Lipinski definition) is 2. The number of phenolic OH excluding ortho intramolecular Hbond substituents is 1. The Bertz CT molecular complexity index is 865. The van der Waals surface area contributed by atoms with Crippen molar-refractivity contribution in [2.24, 2.45) is 5.92 Å². The lowest BCUT2D eigenvalue weighted by Gasteiger charge is -2.24. The van der Waals surface area contributed by atoms with Gasteiger partial charge in [0.15, 0.2) is 0 Å². The van der Waals surface area contributed by atoms with Crippen LogP contribution in [0.15, 0.2) is 36.4 Å². The van der Waals surface area contributed by atoms with Gasteiger partial charge >= 0.3 is 5.97 Å². The fourth-order valence-corrected chi connectivity index (χ4v) is 3.86. The Labute approximate surface area is 165 Å². The number of likely N-dealkylation sites (tertiary alicyclic amines) is 1. The number of phenols is 1. The molecule has 1 amide bonds. The second-order valence-corrected chi connectivity index (χ2v) is 7.70. The van der Waals surface area contributed by atoms with Crippen LogP contribution in [0.25, 0.3) is 10.8 Å². The second kappa shape index (κ2) is 8.61. The molecule has 2 aromatic rings. The molecule has 2 N–H and O–H groups in total. The van der Waals surface area contributed by atoms with Gasteiger partial charge in [0.2, 0.25) is 0 Å². The number of benzene rings is 2. The van der Waals surface area contributed by atoms with Crippen molar-refractivity contribution in [2.45, 2.75) is 39.3 Å². The number of ether oxygens (including phenoxy) is 1. The highest BCUT2D eigenvalue weighted by atomic mass is 16.5. The number of esters is 1. The lowest BCUT2D eigenvalue weighted by atomic mass is 10.0. The van der Waals surface area contributed by atoms with Gasteiger partial charge in [-0.15, -0.1) is 0 Å². The van der Waals surface area contributed by atoms with Crippen LogP contribution in [0.5, 0.6) is 5.75 Å². The molecular formula is C22H28N2O4. The molecule has 0 aliphatic carbocycles. The van der Waals surface area contributed by atoms with Crippen LogP contribution < -0.4 is 5.32 Å². The smallest absolute Gasteiger partial charge is 0.323 e. The van der Waals surface area contributed by atoms with Crippen molar-refractivity contribution in [3.63, 3.8) is 0 Å². The largest absolute Gasteiger partial charge is 0.506 e. The highest BCUT2D eigenvalue weighted by Gasteiger charge is 2.38. The van der Waals surface area contributed by atoms with Gasteiger partial charge in [-0.1, -0.05) is 44.2 Å². The van der Waals surface area contributed by atoms with Crippen LogP contribution in [-0.4, -0.2) is 53.7 Å². The van der Waals surface area contributed by atoms with Crippen LogP contribution in [0, 0.1) is 5.92 Å². The number of carbonyl (C=O) groups is 2. The Morgan fingerprint density at radius 2 is 2.00 bits per heavy atom. The van der Waals surface area contributed by atoms with Crippen LogP contribution in [0.3, 0.4) is 0 Å². The maximum atomic E-state index is 12.8. The third-order valence-electron chi connectivity index (χ3n) is 5.04. The average Bonchev–Trinajstić information content (AvgIpc) is 3.04. The molecule has 0 bridgehead atoms. The fourth-order valence-electron chi connectivity index (χ4n) is 3.86. The molecule has 0 aromatic heterocycles. The first-order chi connectivity index (χ1) is 13.4. The Morgan fingerprint density at radius 1 is 1.25 bits per heavy atom. The van der Waals surface area contributed by atoms with Gasteiger partial charge in [0.1, 0.15) is 11.8 Å². The summed E-state index contributed by atoms with van der Waals surface area (Å²) < 4.78 is 5.21. The van der Waals surface area contributed by atoms with E-state index >= 15 is 0 Å².